The van der Waals surface area contributed by atoms with Crippen LogP contribution in [0.1, 0.15) is 32.1 Å². The van der Waals surface area contributed by atoms with Crippen molar-refractivity contribution in [1.29, 1.82) is 0 Å². The van der Waals surface area contributed by atoms with Gasteiger partial charge in [0.1, 0.15) is 0 Å². The van der Waals surface area contributed by atoms with Crippen LogP contribution in [-0.2, 0) is 14.8 Å². The summed E-state index contributed by atoms with van der Waals surface area (Å²) in [5.41, 5.74) is 0. The summed E-state index contributed by atoms with van der Waals surface area (Å²) < 4.78 is 26.1. The molecule has 3 atom stereocenters. The number of carbonyl (C=O) groups is 1. The lowest BCUT2D eigenvalue weighted by Gasteiger charge is -2.32. The van der Waals surface area contributed by atoms with Crippen LogP contribution in [0.5, 0.6) is 0 Å². The van der Waals surface area contributed by atoms with E-state index < -0.39 is 33.3 Å². The third kappa shape index (κ3) is 2.53. The fourth-order valence-corrected chi connectivity index (χ4v) is 5.19. The van der Waals surface area contributed by atoms with Gasteiger partial charge in [-0.25, -0.2) is 8.42 Å². The molecule has 0 spiro atoms. The summed E-state index contributed by atoms with van der Waals surface area (Å²) in [6.07, 6.45) is 2.08. The van der Waals surface area contributed by atoms with Crippen LogP contribution in [0.2, 0.25) is 0 Å². The Morgan fingerprint density at radius 2 is 1.89 bits per heavy atom. The topological polar surface area (TPSA) is 94.9 Å². The van der Waals surface area contributed by atoms with Gasteiger partial charge in [0, 0.05) is 13.1 Å². The smallest absolute Gasteiger partial charge is 0.307 e. The fraction of sp³-hybridized carbons (Fsp3) is 0.909. The molecule has 0 radical (unpaired) electrons. The highest BCUT2D eigenvalue weighted by molar-refractivity contribution is 7.89. The summed E-state index contributed by atoms with van der Waals surface area (Å²) in [7, 11) is -3.60. The van der Waals surface area contributed by atoms with Gasteiger partial charge in [-0.2, -0.15) is 4.31 Å². The summed E-state index contributed by atoms with van der Waals surface area (Å²) in [5.74, 6) is -1.83. The molecule has 2 N–H and O–H groups in total. The summed E-state index contributed by atoms with van der Waals surface area (Å²) in [6, 6.07) is 0. The minimum absolute atomic E-state index is 0.102. The van der Waals surface area contributed by atoms with Gasteiger partial charge in [-0.05, 0) is 25.7 Å². The number of aliphatic hydroxyl groups excluding tert-OH is 1. The van der Waals surface area contributed by atoms with Crippen molar-refractivity contribution in [2.45, 2.75) is 43.5 Å². The first-order chi connectivity index (χ1) is 8.43. The maximum Gasteiger partial charge on any atom is 0.307 e. The van der Waals surface area contributed by atoms with E-state index in [9.17, 15) is 18.3 Å². The molecular formula is C11H19NO5S. The van der Waals surface area contributed by atoms with Gasteiger partial charge in [-0.3, -0.25) is 4.79 Å². The number of sulfonamides is 1. The molecule has 3 unspecified atom stereocenters. The van der Waals surface area contributed by atoms with Crippen LogP contribution >= 0.6 is 0 Å². The fourth-order valence-electron chi connectivity index (χ4n) is 2.91. The third-order valence-corrected chi connectivity index (χ3v) is 6.25. The number of piperidine rings is 1. The largest absolute Gasteiger partial charge is 0.481 e. The SMILES string of the molecule is O=C(O)C1CCCC1S(=O)(=O)N1CCCC(O)C1. The van der Waals surface area contributed by atoms with Gasteiger partial charge < -0.3 is 10.2 Å². The van der Waals surface area contributed by atoms with E-state index in [-0.39, 0.29) is 6.54 Å². The summed E-state index contributed by atoms with van der Waals surface area (Å²) in [5, 5.41) is 17.8. The van der Waals surface area contributed by atoms with Crippen molar-refractivity contribution in [3.8, 4) is 0 Å². The zero-order valence-corrected chi connectivity index (χ0v) is 11.0. The number of carboxylic acid groups (broad SMARTS) is 1. The van der Waals surface area contributed by atoms with Gasteiger partial charge in [0.15, 0.2) is 0 Å². The number of β-amino-alcohol motifs (C(OH)–C–C–N with tert-alkyl or cyclic N) is 1. The normalized spacial score (nSPS) is 34.6. The average molecular weight is 277 g/mol. The Balaban J connectivity index is 2.17. The molecule has 7 heteroatoms. The summed E-state index contributed by atoms with van der Waals surface area (Å²) in [6.45, 7) is 0.493. The number of hydrogen-bond donors (Lipinski definition) is 2. The molecule has 18 heavy (non-hydrogen) atoms. The quantitative estimate of drug-likeness (QED) is 0.758. The van der Waals surface area contributed by atoms with E-state index in [0.29, 0.717) is 38.6 Å². The molecule has 1 aliphatic heterocycles. The maximum atomic E-state index is 12.4. The third-order valence-electron chi connectivity index (χ3n) is 3.87. The van der Waals surface area contributed by atoms with Gasteiger partial charge >= 0.3 is 5.97 Å². The maximum absolute atomic E-state index is 12.4. The highest BCUT2D eigenvalue weighted by Gasteiger charge is 2.45. The monoisotopic (exact) mass is 277 g/mol. The standard InChI is InChI=1S/C11H19NO5S/c13-8-3-2-6-12(7-8)18(16,17)10-5-1-4-9(10)11(14)15/h8-10,13H,1-7H2,(H,14,15). The van der Waals surface area contributed by atoms with Gasteiger partial charge in [-0.15, -0.1) is 0 Å². The minimum Gasteiger partial charge on any atom is -0.481 e. The second kappa shape index (κ2) is 5.14. The Morgan fingerprint density at radius 3 is 2.50 bits per heavy atom. The summed E-state index contributed by atoms with van der Waals surface area (Å²) >= 11 is 0. The predicted molar refractivity (Wildman–Crippen MR) is 64.5 cm³/mol. The van der Waals surface area contributed by atoms with Crippen LogP contribution in [0.25, 0.3) is 0 Å². The van der Waals surface area contributed by atoms with Crippen molar-refractivity contribution in [3.05, 3.63) is 0 Å². The van der Waals surface area contributed by atoms with Crippen LogP contribution in [0.3, 0.4) is 0 Å². The zero-order valence-electron chi connectivity index (χ0n) is 10.2. The molecule has 2 aliphatic rings. The second-order valence-corrected chi connectivity index (χ2v) is 7.26. The number of carboxylic acids is 1. The number of rotatable bonds is 3. The number of hydrogen-bond acceptors (Lipinski definition) is 4. The number of aliphatic hydroxyl groups is 1. The Morgan fingerprint density at radius 1 is 1.17 bits per heavy atom. The van der Waals surface area contributed by atoms with Crippen LogP contribution in [0.15, 0.2) is 0 Å². The minimum atomic E-state index is -3.60. The van der Waals surface area contributed by atoms with E-state index in [1.807, 2.05) is 0 Å². The molecular weight excluding hydrogens is 258 g/mol. The molecule has 104 valence electrons. The first kappa shape index (κ1) is 13.8. The molecule has 0 aromatic rings. The molecule has 2 rings (SSSR count). The van der Waals surface area contributed by atoms with Crippen molar-refractivity contribution in [2.24, 2.45) is 5.92 Å². The van der Waals surface area contributed by atoms with Crippen LogP contribution < -0.4 is 0 Å². The van der Waals surface area contributed by atoms with Crippen molar-refractivity contribution in [2.75, 3.05) is 13.1 Å². The molecule has 0 bridgehead atoms. The van der Waals surface area contributed by atoms with Crippen molar-refractivity contribution in [1.82, 2.24) is 4.31 Å². The van der Waals surface area contributed by atoms with Gasteiger partial charge in [-0.1, -0.05) is 6.42 Å². The van der Waals surface area contributed by atoms with Crippen molar-refractivity contribution < 1.29 is 23.4 Å². The van der Waals surface area contributed by atoms with Crippen molar-refractivity contribution >= 4 is 16.0 Å². The second-order valence-electron chi connectivity index (χ2n) is 5.11. The number of nitrogens with zero attached hydrogens (tertiary/aromatic N) is 1. The molecule has 6 nitrogen and oxygen atoms in total. The Hall–Kier alpha value is -0.660. The van der Waals surface area contributed by atoms with E-state index in [1.54, 1.807) is 0 Å². The average Bonchev–Trinajstić information content (AvgIpc) is 2.78. The van der Waals surface area contributed by atoms with Crippen LogP contribution in [0.4, 0.5) is 0 Å². The first-order valence-corrected chi connectivity index (χ1v) is 7.83. The Kier molecular flexibility index (Phi) is 3.93. The zero-order chi connectivity index (χ0) is 13.3. The lowest BCUT2D eigenvalue weighted by atomic mass is 10.1. The number of aliphatic carboxylic acids is 1. The van der Waals surface area contributed by atoms with Gasteiger partial charge in [0.25, 0.3) is 0 Å². The molecule has 0 amide bonds. The lowest BCUT2D eigenvalue weighted by molar-refractivity contribution is -0.141. The molecule has 1 aliphatic carbocycles. The predicted octanol–water partition coefficient (Wildman–Crippen LogP) is 0.0262. The Labute approximate surface area is 107 Å². The molecule has 2 fully saturated rings. The molecule has 0 aromatic heterocycles. The van der Waals surface area contributed by atoms with E-state index >= 15 is 0 Å². The van der Waals surface area contributed by atoms with Gasteiger partial charge in [0.2, 0.25) is 10.0 Å². The first-order valence-electron chi connectivity index (χ1n) is 6.32. The van der Waals surface area contributed by atoms with Crippen molar-refractivity contribution in [3.63, 3.8) is 0 Å². The van der Waals surface area contributed by atoms with E-state index in [1.165, 1.54) is 4.31 Å². The lowest BCUT2D eigenvalue weighted by Crippen LogP contribution is -2.48. The van der Waals surface area contributed by atoms with Gasteiger partial charge in [0.05, 0.1) is 17.3 Å². The highest BCUT2D eigenvalue weighted by Crippen LogP contribution is 2.34. The van der Waals surface area contributed by atoms with Crippen LogP contribution in [-0.4, -0.2) is 53.3 Å². The van der Waals surface area contributed by atoms with E-state index in [2.05, 4.69) is 0 Å². The Bertz CT molecular complexity index is 421. The van der Waals surface area contributed by atoms with E-state index in [0.717, 1.165) is 0 Å². The summed E-state index contributed by atoms with van der Waals surface area (Å²) in [4.78, 5) is 11.1. The van der Waals surface area contributed by atoms with E-state index in [4.69, 9.17) is 5.11 Å². The molecule has 1 saturated heterocycles. The van der Waals surface area contributed by atoms with Crippen LogP contribution in [0, 0.1) is 5.92 Å². The molecule has 0 aromatic carbocycles. The molecule has 1 heterocycles. The molecule has 1 saturated carbocycles. The highest BCUT2D eigenvalue weighted by atomic mass is 32.2.